The summed E-state index contributed by atoms with van der Waals surface area (Å²) in [5.74, 6) is 1.07. The standard InChI is InChI=1S/C23H23NO3/c1-16(19-12-11-17-7-4-5-8-20(17)15-19)24-22(25)14-13-18-9-6-10-21(26-2)23(18)27-3/h4-16H,1-3H3,(H,24,25)/b14-13+/t16-/m0/s1. The molecule has 1 atom stereocenters. The summed E-state index contributed by atoms with van der Waals surface area (Å²) in [7, 11) is 3.17. The zero-order valence-corrected chi connectivity index (χ0v) is 15.7. The Morgan fingerprint density at radius 1 is 0.963 bits per heavy atom. The minimum absolute atomic E-state index is 0.0982. The molecule has 27 heavy (non-hydrogen) atoms. The smallest absolute Gasteiger partial charge is 0.244 e. The first-order valence-corrected chi connectivity index (χ1v) is 8.80. The minimum atomic E-state index is -0.166. The first-order valence-electron chi connectivity index (χ1n) is 8.80. The lowest BCUT2D eigenvalue weighted by molar-refractivity contribution is -0.117. The van der Waals surface area contributed by atoms with Gasteiger partial charge in [0.2, 0.25) is 5.91 Å². The summed E-state index contributed by atoms with van der Waals surface area (Å²) in [5, 5.41) is 5.34. The summed E-state index contributed by atoms with van der Waals surface area (Å²) in [5.41, 5.74) is 1.85. The number of carbonyl (C=O) groups excluding carboxylic acids is 1. The molecule has 0 saturated heterocycles. The van der Waals surface area contributed by atoms with E-state index in [2.05, 4.69) is 29.6 Å². The van der Waals surface area contributed by atoms with Gasteiger partial charge in [0.25, 0.3) is 0 Å². The van der Waals surface area contributed by atoms with Gasteiger partial charge in [-0.15, -0.1) is 0 Å². The van der Waals surface area contributed by atoms with E-state index in [1.807, 2.05) is 43.3 Å². The molecular weight excluding hydrogens is 338 g/mol. The lowest BCUT2D eigenvalue weighted by atomic mass is 10.0. The molecular formula is C23H23NO3. The summed E-state index contributed by atoms with van der Waals surface area (Å²) in [6, 6.07) is 19.9. The van der Waals surface area contributed by atoms with E-state index in [1.54, 1.807) is 20.3 Å². The molecule has 0 unspecified atom stereocenters. The topological polar surface area (TPSA) is 47.6 Å². The molecule has 0 aliphatic carbocycles. The molecule has 0 aliphatic rings. The van der Waals surface area contributed by atoms with E-state index in [-0.39, 0.29) is 11.9 Å². The third kappa shape index (κ3) is 4.29. The van der Waals surface area contributed by atoms with Crippen LogP contribution in [0.1, 0.15) is 24.1 Å². The summed E-state index contributed by atoms with van der Waals surface area (Å²) in [4.78, 5) is 12.3. The fraction of sp³-hybridized carbons (Fsp3) is 0.174. The summed E-state index contributed by atoms with van der Waals surface area (Å²) in [6.45, 7) is 1.97. The van der Waals surface area contributed by atoms with Crippen molar-refractivity contribution in [2.24, 2.45) is 0 Å². The van der Waals surface area contributed by atoms with Crippen LogP contribution in [-0.4, -0.2) is 20.1 Å². The van der Waals surface area contributed by atoms with Crippen LogP contribution in [0.25, 0.3) is 16.8 Å². The van der Waals surface area contributed by atoms with E-state index in [0.29, 0.717) is 11.5 Å². The zero-order valence-electron chi connectivity index (χ0n) is 15.7. The van der Waals surface area contributed by atoms with Crippen molar-refractivity contribution in [3.63, 3.8) is 0 Å². The maximum Gasteiger partial charge on any atom is 0.244 e. The summed E-state index contributed by atoms with van der Waals surface area (Å²) >= 11 is 0. The fourth-order valence-electron chi connectivity index (χ4n) is 3.03. The Labute approximate surface area is 159 Å². The van der Waals surface area contributed by atoms with Crippen molar-refractivity contribution in [3.05, 3.63) is 77.9 Å². The van der Waals surface area contributed by atoms with Crippen molar-refractivity contribution in [1.29, 1.82) is 0 Å². The highest BCUT2D eigenvalue weighted by atomic mass is 16.5. The third-order valence-corrected chi connectivity index (χ3v) is 4.48. The van der Waals surface area contributed by atoms with E-state index in [1.165, 1.54) is 11.5 Å². The van der Waals surface area contributed by atoms with Crippen LogP contribution in [0.2, 0.25) is 0 Å². The van der Waals surface area contributed by atoms with Crippen LogP contribution in [0.5, 0.6) is 11.5 Å². The Morgan fingerprint density at radius 3 is 2.48 bits per heavy atom. The molecule has 0 saturated carbocycles. The number of carbonyl (C=O) groups is 1. The number of hydrogen-bond donors (Lipinski definition) is 1. The molecule has 0 aliphatic heterocycles. The quantitative estimate of drug-likeness (QED) is 0.645. The van der Waals surface area contributed by atoms with Crippen LogP contribution in [0.4, 0.5) is 0 Å². The zero-order chi connectivity index (χ0) is 19.2. The molecule has 4 heteroatoms. The van der Waals surface area contributed by atoms with Gasteiger partial charge in [-0.3, -0.25) is 4.79 Å². The van der Waals surface area contributed by atoms with Gasteiger partial charge in [0.15, 0.2) is 11.5 Å². The van der Waals surface area contributed by atoms with Crippen LogP contribution in [0.3, 0.4) is 0 Å². The average molecular weight is 361 g/mol. The number of ether oxygens (including phenoxy) is 2. The van der Waals surface area contributed by atoms with E-state index < -0.39 is 0 Å². The Morgan fingerprint density at radius 2 is 1.74 bits per heavy atom. The average Bonchev–Trinajstić information content (AvgIpc) is 2.71. The van der Waals surface area contributed by atoms with E-state index in [4.69, 9.17) is 9.47 Å². The number of amides is 1. The normalized spacial score (nSPS) is 12.1. The van der Waals surface area contributed by atoms with Crippen molar-refractivity contribution in [3.8, 4) is 11.5 Å². The fourth-order valence-corrected chi connectivity index (χ4v) is 3.03. The van der Waals surface area contributed by atoms with Crippen LogP contribution in [-0.2, 0) is 4.79 Å². The van der Waals surface area contributed by atoms with Gasteiger partial charge >= 0.3 is 0 Å². The summed E-state index contributed by atoms with van der Waals surface area (Å²) in [6.07, 6.45) is 3.23. The second-order valence-corrected chi connectivity index (χ2v) is 6.25. The number of methoxy groups -OCH3 is 2. The van der Waals surface area contributed by atoms with Gasteiger partial charge in [-0.05, 0) is 41.5 Å². The van der Waals surface area contributed by atoms with Gasteiger partial charge in [-0.25, -0.2) is 0 Å². The predicted octanol–water partition coefficient (Wildman–Crippen LogP) is 4.75. The molecule has 3 aromatic carbocycles. The van der Waals surface area contributed by atoms with E-state index in [9.17, 15) is 4.79 Å². The minimum Gasteiger partial charge on any atom is -0.493 e. The molecule has 0 radical (unpaired) electrons. The Bertz CT molecular complexity index is 978. The maximum atomic E-state index is 12.3. The van der Waals surface area contributed by atoms with Crippen LogP contribution < -0.4 is 14.8 Å². The first-order chi connectivity index (χ1) is 13.1. The van der Waals surface area contributed by atoms with Crippen LogP contribution >= 0.6 is 0 Å². The number of benzene rings is 3. The molecule has 0 heterocycles. The highest BCUT2D eigenvalue weighted by Gasteiger charge is 2.10. The second kappa shape index (κ2) is 8.41. The third-order valence-electron chi connectivity index (χ3n) is 4.48. The Hall–Kier alpha value is -3.27. The highest BCUT2D eigenvalue weighted by molar-refractivity contribution is 5.92. The van der Waals surface area contributed by atoms with Gasteiger partial charge < -0.3 is 14.8 Å². The van der Waals surface area contributed by atoms with Gasteiger partial charge in [0.05, 0.1) is 20.3 Å². The van der Waals surface area contributed by atoms with Gasteiger partial charge in [-0.1, -0.05) is 48.5 Å². The van der Waals surface area contributed by atoms with E-state index >= 15 is 0 Å². The maximum absolute atomic E-state index is 12.3. The number of rotatable bonds is 6. The Balaban J connectivity index is 1.72. The van der Waals surface area contributed by atoms with Crippen molar-refractivity contribution in [1.82, 2.24) is 5.32 Å². The first kappa shape index (κ1) is 18.5. The number of fused-ring (bicyclic) bond motifs is 1. The molecule has 0 fully saturated rings. The second-order valence-electron chi connectivity index (χ2n) is 6.25. The molecule has 3 aromatic rings. The van der Waals surface area contributed by atoms with Crippen molar-refractivity contribution < 1.29 is 14.3 Å². The molecule has 138 valence electrons. The molecule has 4 nitrogen and oxygen atoms in total. The van der Waals surface area contributed by atoms with Gasteiger partial charge in [-0.2, -0.15) is 0 Å². The Kier molecular flexibility index (Phi) is 5.77. The molecule has 0 aromatic heterocycles. The summed E-state index contributed by atoms with van der Waals surface area (Å²) < 4.78 is 10.7. The predicted molar refractivity (Wildman–Crippen MR) is 109 cm³/mol. The molecule has 3 rings (SSSR count). The van der Waals surface area contributed by atoms with Crippen LogP contribution in [0, 0.1) is 0 Å². The SMILES string of the molecule is COc1cccc(/C=C/C(=O)N[C@@H](C)c2ccc3ccccc3c2)c1OC. The van der Waals surface area contributed by atoms with Crippen molar-refractivity contribution in [2.75, 3.05) is 14.2 Å². The van der Waals surface area contributed by atoms with Crippen molar-refractivity contribution in [2.45, 2.75) is 13.0 Å². The van der Waals surface area contributed by atoms with E-state index in [0.717, 1.165) is 16.5 Å². The molecule has 0 spiro atoms. The lowest BCUT2D eigenvalue weighted by Crippen LogP contribution is -2.24. The lowest BCUT2D eigenvalue weighted by Gasteiger charge is -2.14. The number of hydrogen-bond acceptors (Lipinski definition) is 3. The number of para-hydroxylation sites is 1. The highest BCUT2D eigenvalue weighted by Crippen LogP contribution is 2.31. The molecule has 1 N–H and O–H groups in total. The van der Waals surface area contributed by atoms with Crippen molar-refractivity contribution >= 4 is 22.8 Å². The largest absolute Gasteiger partial charge is 0.493 e. The monoisotopic (exact) mass is 361 g/mol. The van der Waals surface area contributed by atoms with Gasteiger partial charge in [0.1, 0.15) is 0 Å². The number of nitrogens with one attached hydrogen (secondary N) is 1. The molecule has 1 amide bonds. The molecule has 0 bridgehead atoms. The van der Waals surface area contributed by atoms with Crippen LogP contribution in [0.15, 0.2) is 66.7 Å². The van der Waals surface area contributed by atoms with Gasteiger partial charge in [0, 0.05) is 11.6 Å².